The van der Waals surface area contributed by atoms with Crippen LogP contribution in [0.2, 0.25) is 0 Å². The van der Waals surface area contributed by atoms with E-state index in [1.807, 2.05) is 18.2 Å². The Labute approximate surface area is 132 Å². The van der Waals surface area contributed by atoms with Crippen molar-refractivity contribution < 1.29 is 9.53 Å². The molecule has 0 spiro atoms. The van der Waals surface area contributed by atoms with Crippen LogP contribution in [0.3, 0.4) is 0 Å². The first-order valence-electron chi connectivity index (χ1n) is 8.12. The maximum absolute atomic E-state index is 11.9. The van der Waals surface area contributed by atoms with E-state index >= 15 is 0 Å². The molecule has 1 aliphatic heterocycles. The third-order valence-electron chi connectivity index (χ3n) is 3.99. The summed E-state index contributed by atoms with van der Waals surface area (Å²) in [7, 11) is 0. The zero-order valence-corrected chi connectivity index (χ0v) is 13.5. The van der Waals surface area contributed by atoms with Gasteiger partial charge in [0, 0.05) is 31.7 Å². The minimum absolute atomic E-state index is 0.0854. The summed E-state index contributed by atoms with van der Waals surface area (Å²) < 4.78 is 5.83. The fourth-order valence-electron chi connectivity index (χ4n) is 2.81. The van der Waals surface area contributed by atoms with Crippen molar-refractivity contribution in [2.45, 2.75) is 32.4 Å². The fraction of sp³-hybridized carbons (Fsp3) is 0.588. The van der Waals surface area contributed by atoms with Gasteiger partial charge >= 0.3 is 6.03 Å². The molecule has 3 atom stereocenters. The van der Waals surface area contributed by atoms with E-state index in [0.717, 1.165) is 19.6 Å². The van der Waals surface area contributed by atoms with Crippen molar-refractivity contribution in [1.29, 1.82) is 0 Å². The lowest BCUT2D eigenvalue weighted by Gasteiger charge is -2.20. The highest BCUT2D eigenvalue weighted by molar-refractivity contribution is 5.73. The molecule has 1 aromatic rings. The molecule has 122 valence electrons. The molecule has 1 saturated heterocycles. The minimum atomic E-state index is -0.108. The highest BCUT2D eigenvalue weighted by atomic mass is 16.5. The van der Waals surface area contributed by atoms with Crippen LogP contribution in [0.4, 0.5) is 4.79 Å². The summed E-state index contributed by atoms with van der Waals surface area (Å²) in [5.41, 5.74) is 1.19. The van der Waals surface area contributed by atoms with Gasteiger partial charge in [0.25, 0.3) is 0 Å². The molecule has 1 heterocycles. The van der Waals surface area contributed by atoms with E-state index < -0.39 is 0 Å². The summed E-state index contributed by atoms with van der Waals surface area (Å²) in [6, 6.07) is 10.4. The number of urea groups is 1. The molecule has 2 rings (SSSR count). The zero-order valence-electron chi connectivity index (χ0n) is 13.5. The van der Waals surface area contributed by atoms with Gasteiger partial charge in [0.05, 0.1) is 6.10 Å². The Morgan fingerprint density at radius 2 is 2.09 bits per heavy atom. The van der Waals surface area contributed by atoms with Gasteiger partial charge < -0.3 is 20.7 Å². The van der Waals surface area contributed by atoms with Gasteiger partial charge in [-0.05, 0) is 25.5 Å². The molecule has 1 fully saturated rings. The Morgan fingerprint density at radius 3 is 2.82 bits per heavy atom. The SMILES string of the molecule is CCN[C@H](C)CNC(=O)NC[C@H]1CCO[C@@H]1c1ccccc1. The van der Waals surface area contributed by atoms with Crippen molar-refractivity contribution in [3.05, 3.63) is 35.9 Å². The van der Waals surface area contributed by atoms with E-state index in [2.05, 4.69) is 41.9 Å². The maximum atomic E-state index is 11.9. The molecule has 1 aliphatic rings. The summed E-state index contributed by atoms with van der Waals surface area (Å²) in [6.07, 6.45) is 1.07. The smallest absolute Gasteiger partial charge is 0.314 e. The molecule has 1 aromatic carbocycles. The topological polar surface area (TPSA) is 62.4 Å². The van der Waals surface area contributed by atoms with Crippen molar-refractivity contribution >= 4 is 6.03 Å². The van der Waals surface area contributed by atoms with Crippen LogP contribution in [-0.2, 0) is 4.74 Å². The van der Waals surface area contributed by atoms with E-state index in [1.165, 1.54) is 5.56 Å². The second-order valence-corrected chi connectivity index (χ2v) is 5.80. The third kappa shape index (κ3) is 5.00. The summed E-state index contributed by atoms with van der Waals surface area (Å²) in [5.74, 6) is 0.333. The third-order valence-corrected chi connectivity index (χ3v) is 3.99. The van der Waals surface area contributed by atoms with E-state index in [9.17, 15) is 4.79 Å². The van der Waals surface area contributed by atoms with Crippen molar-refractivity contribution in [1.82, 2.24) is 16.0 Å². The molecule has 5 heteroatoms. The average Bonchev–Trinajstić information content (AvgIpc) is 3.00. The highest BCUT2D eigenvalue weighted by Crippen LogP contribution is 2.33. The predicted molar refractivity (Wildman–Crippen MR) is 87.8 cm³/mol. The van der Waals surface area contributed by atoms with Gasteiger partial charge in [0.15, 0.2) is 0 Å². The number of likely N-dealkylation sites (N-methyl/N-ethyl adjacent to an activating group) is 1. The summed E-state index contributed by atoms with van der Waals surface area (Å²) in [6.45, 7) is 7.04. The molecule has 0 bridgehead atoms. The Balaban J connectivity index is 1.75. The molecule has 0 aromatic heterocycles. The van der Waals surface area contributed by atoms with Crippen LogP contribution in [0.5, 0.6) is 0 Å². The Bertz CT molecular complexity index is 452. The number of carbonyl (C=O) groups is 1. The van der Waals surface area contributed by atoms with Gasteiger partial charge in [-0.3, -0.25) is 0 Å². The number of rotatable bonds is 7. The molecule has 0 radical (unpaired) electrons. The molecule has 0 saturated carbocycles. The monoisotopic (exact) mass is 305 g/mol. The Hall–Kier alpha value is -1.59. The van der Waals surface area contributed by atoms with Gasteiger partial charge in [-0.1, -0.05) is 37.3 Å². The highest BCUT2D eigenvalue weighted by Gasteiger charge is 2.29. The molecular weight excluding hydrogens is 278 g/mol. The second-order valence-electron chi connectivity index (χ2n) is 5.80. The molecule has 0 unspecified atom stereocenters. The maximum Gasteiger partial charge on any atom is 0.314 e. The van der Waals surface area contributed by atoms with Crippen LogP contribution in [0.1, 0.15) is 31.9 Å². The van der Waals surface area contributed by atoms with Gasteiger partial charge in [-0.15, -0.1) is 0 Å². The molecule has 22 heavy (non-hydrogen) atoms. The Kier molecular flexibility index (Phi) is 6.68. The largest absolute Gasteiger partial charge is 0.373 e. The van der Waals surface area contributed by atoms with E-state index in [1.54, 1.807) is 0 Å². The predicted octanol–water partition coefficient (Wildman–Crippen LogP) is 2.06. The molecule has 3 N–H and O–H groups in total. The molecule has 5 nitrogen and oxygen atoms in total. The van der Waals surface area contributed by atoms with Crippen LogP contribution < -0.4 is 16.0 Å². The second kappa shape index (κ2) is 8.76. The first-order chi connectivity index (χ1) is 10.7. The first-order valence-corrected chi connectivity index (χ1v) is 8.12. The lowest BCUT2D eigenvalue weighted by Crippen LogP contribution is -2.44. The molecular formula is C17H27N3O2. The number of hydrogen-bond acceptors (Lipinski definition) is 3. The zero-order chi connectivity index (χ0) is 15.8. The number of carbonyl (C=O) groups excluding carboxylic acids is 1. The van der Waals surface area contributed by atoms with Gasteiger partial charge in [-0.25, -0.2) is 4.79 Å². The first kappa shape index (κ1) is 16.8. The normalized spacial score (nSPS) is 22.3. The van der Waals surface area contributed by atoms with E-state index in [0.29, 0.717) is 19.0 Å². The van der Waals surface area contributed by atoms with Crippen molar-refractivity contribution in [3.63, 3.8) is 0 Å². The summed E-state index contributed by atoms with van der Waals surface area (Å²) in [5, 5.41) is 9.12. The van der Waals surface area contributed by atoms with Gasteiger partial charge in [0.2, 0.25) is 0 Å². The fourth-order valence-corrected chi connectivity index (χ4v) is 2.81. The lowest BCUT2D eigenvalue weighted by atomic mass is 9.95. The number of benzene rings is 1. The van der Waals surface area contributed by atoms with Crippen molar-refractivity contribution in [2.24, 2.45) is 5.92 Å². The lowest BCUT2D eigenvalue weighted by molar-refractivity contribution is 0.0910. The number of amides is 2. The van der Waals surface area contributed by atoms with Crippen LogP contribution in [-0.4, -0.2) is 38.3 Å². The van der Waals surface area contributed by atoms with E-state index in [4.69, 9.17) is 4.74 Å². The minimum Gasteiger partial charge on any atom is -0.373 e. The van der Waals surface area contributed by atoms with E-state index in [-0.39, 0.29) is 18.2 Å². The summed E-state index contributed by atoms with van der Waals surface area (Å²) >= 11 is 0. The quantitative estimate of drug-likeness (QED) is 0.722. The van der Waals surface area contributed by atoms with Gasteiger partial charge in [0.1, 0.15) is 0 Å². The van der Waals surface area contributed by atoms with Crippen LogP contribution in [0.25, 0.3) is 0 Å². The van der Waals surface area contributed by atoms with Crippen LogP contribution in [0.15, 0.2) is 30.3 Å². The number of nitrogens with one attached hydrogen (secondary N) is 3. The van der Waals surface area contributed by atoms with Crippen LogP contribution in [0, 0.1) is 5.92 Å². The number of ether oxygens (including phenoxy) is 1. The van der Waals surface area contributed by atoms with Crippen LogP contribution >= 0.6 is 0 Å². The van der Waals surface area contributed by atoms with Gasteiger partial charge in [-0.2, -0.15) is 0 Å². The number of hydrogen-bond donors (Lipinski definition) is 3. The average molecular weight is 305 g/mol. The summed E-state index contributed by atoms with van der Waals surface area (Å²) in [4.78, 5) is 11.9. The van der Waals surface area contributed by atoms with Crippen molar-refractivity contribution in [2.75, 3.05) is 26.2 Å². The standard InChI is InChI=1S/C17H27N3O2/c1-3-18-13(2)11-19-17(21)20-12-15-9-10-22-16(15)14-7-5-4-6-8-14/h4-8,13,15-16,18H,3,9-12H2,1-2H3,(H2,19,20,21)/t13-,15-,16-/m1/s1. The Morgan fingerprint density at radius 1 is 1.32 bits per heavy atom. The van der Waals surface area contributed by atoms with Crippen molar-refractivity contribution in [3.8, 4) is 0 Å². The molecule has 2 amide bonds. The molecule has 0 aliphatic carbocycles.